The van der Waals surface area contributed by atoms with Gasteiger partial charge in [0.2, 0.25) is 15.9 Å². The second kappa shape index (κ2) is 12.5. The van der Waals surface area contributed by atoms with Crippen LogP contribution in [0, 0.1) is 13.8 Å². The van der Waals surface area contributed by atoms with Crippen LogP contribution in [0.5, 0.6) is 0 Å². The molecule has 0 fully saturated rings. The predicted octanol–water partition coefficient (Wildman–Crippen LogP) is 3.57. The van der Waals surface area contributed by atoms with Crippen LogP contribution in [-0.2, 0) is 21.2 Å². The van der Waals surface area contributed by atoms with Crippen LogP contribution < -0.4 is 5.32 Å². The molecule has 0 atom stereocenters. The quantitative estimate of drug-likeness (QED) is 0.274. The van der Waals surface area contributed by atoms with Crippen molar-refractivity contribution in [3.05, 3.63) is 65.0 Å². The third kappa shape index (κ3) is 6.85. The number of ketones is 1. The molecule has 1 heterocycles. The molecule has 0 saturated carbocycles. The van der Waals surface area contributed by atoms with Crippen molar-refractivity contribution < 1.29 is 18.0 Å². The van der Waals surface area contributed by atoms with Gasteiger partial charge in [-0.1, -0.05) is 43.8 Å². The zero-order chi connectivity index (χ0) is 27.2. The Bertz CT molecular complexity index is 1360. The number of aryl methyl sites for hydroxylation is 2. The van der Waals surface area contributed by atoms with E-state index in [0.29, 0.717) is 42.6 Å². The van der Waals surface area contributed by atoms with Gasteiger partial charge >= 0.3 is 0 Å². The molecule has 1 aromatic heterocycles. The van der Waals surface area contributed by atoms with Gasteiger partial charge in [-0.15, -0.1) is 10.2 Å². The minimum absolute atomic E-state index is 0.108. The molecule has 1 N–H and O–H groups in total. The van der Waals surface area contributed by atoms with Crippen LogP contribution in [-0.4, -0.2) is 64.6 Å². The summed E-state index contributed by atoms with van der Waals surface area (Å²) in [6.45, 7) is 10.3. The van der Waals surface area contributed by atoms with E-state index in [1.54, 1.807) is 26.0 Å². The molecule has 0 unspecified atom stereocenters. The van der Waals surface area contributed by atoms with Crippen LogP contribution in [0.15, 0.2) is 52.5 Å². The van der Waals surface area contributed by atoms with Crippen molar-refractivity contribution in [2.45, 2.75) is 51.1 Å². The van der Waals surface area contributed by atoms with Crippen LogP contribution in [0.1, 0.15) is 48.1 Å². The van der Waals surface area contributed by atoms with Crippen molar-refractivity contribution >= 4 is 33.5 Å². The molecule has 0 aliphatic rings. The lowest BCUT2D eigenvalue weighted by Gasteiger charge is -2.18. The first-order valence-electron chi connectivity index (χ1n) is 12.1. The Morgan fingerprint density at radius 3 is 2.27 bits per heavy atom. The number of rotatable bonds is 12. The van der Waals surface area contributed by atoms with Gasteiger partial charge in [0.1, 0.15) is 5.82 Å². The van der Waals surface area contributed by atoms with Gasteiger partial charge in [-0.3, -0.25) is 14.2 Å². The molecule has 11 heteroatoms. The van der Waals surface area contributed by atoms with Crippen molar-refractivity contribution in [3.63, 3.8) is 0 Å². The molecule has 37 heavy (non-hydrogen) atoms. The fraction of sp³-hybridized carbons (Fsp3) is 0.385. The highest BCUT2D eigenvalue weighted by Crippen LogP contribution is 2.25. The summed E-state index contributed by atoms with van der Waals surface area (Å²) in [5.41, 5.74) is 3.58. The third-order valence-corrected chi connectivity index (χ3v) is 9.02. The Morgan fingerprint density at radius 2 is 1.68 bits per heavy atom. The van der Waals surface area contributed by atoms with Gasteiger partial charge in [-0.25, -0.2) is 8.42 Å². The minimum Gasteiger partial charge on any atom is -0.356 e. The van der Waals surface area contributed by atoms with E-state index in [2.05, 4.69) is 15.5 Å². The fourth-order valence-electron chi connectivity index (χ4n) is 3.77. The number of amides is 1. The summed E-state index contributed by atoms with van der Waals surface area (Å²) in [4.78, 5) is 24.4. The van der Waals surface area contributed by atoms with Gasteiger partial charge in [0.15, 0.2) is 10.9 Å². The lowest BCUT2D eigenvalue weighted by molar-refractivity contribution is -0.118. The molecule has 2 aromatic carbocycles. The highest BCUT2D eigenvalue weighted by atomic mass is 32.2. The number of aromatic nitrogens is 3. The number of carbonyl (C=O) groups is 2. The second-order valence-corrected chi connectivity index (χ2v) is 11.4. The van der Waals surface area contributed by atoms with Crippen molar-refractivity contribution in [2.24, 2.45) is 0 Å². The van der Waals surface area contributed by atoms with Crippen LogP contribution in [0.3, 0.4) is 0 Å². The lowest BCUT2D eigenvalue weighted by atomic mass is 10.1. The number of nitrogens with one attached hydrogen (secondary N) is 1. The van der Waals surface area contributed by atoms with E-state index in [4.69, 9.17) is 0 Å². The Hall–Kier alpha value is -3.02. The van der Waals surface area contributed by atoms with E-state index in [-0.39, 0.29) is 22.3 Å². The highest BCUT2D eigenvalue weighted by Gasteiger charge is 2.22. The average Bonchev–Trinajstić information content (AvgIpc) is 3.27. The molecule has 198 valence electrons. The number of nitrogens with zero attached hydrogens (tertiary/aromatic N) is 4. The average molecular weight is 544 g/mol. The molecule has 3 rings (SSSR count). The number of sulfonamides is 1. The van der Waals surface area contributed by atoms with Crippen LogP contribution >= 0.6 is 11.8 Å². The van der Waals surface area contributed by atoms with Gasteiger partial charge in [0.05, 0.1) is 10.6 Å². The van der Waals surface area contributed by atoms with Crippen molar-refractivity contribution in [2.75, 3.05) is 25.4 Å². The molecule has 9 nitrogen and oxygen atoms in total. The summed E-state index contributed by atoms with van der Waals surface area (Å²) < 4.78 is 28.7. The highest BCUT2D eigenvalue weighted by molar-refractivity contribution is 7.99. The molecule has 0 spiro atoms. The normalized spacial score (nSPS) is 11.6. The smallest absolute Gasteiger partial charge is 0.243 e. The summed E-state index contributed by atoms with van der Waals surface area (Å²) in [6.07, 6.45) is 0.483. The number of hydrogen-bond acceptors (Lipinski definition) is 7. The van der Waals surface area contributed by atoms with Gasteiger partial charge in [0, 0.05) is 44.2 Å². The first kappa shape index (κ1) is 28.5. The zero-order valence-electron chi connectivity index (χ0n) is 21.8. The van der Waals surface area contributed by atoms with Gasteiger partial charge in [-0.05, 0) is 49.2 Å². The van der Waals surface area contributed by atoms with E-state index in [9.17, 15) is 18.0 Å². The molecule has 0 saturated heterocycles. The van der Waals surface area contributed by atoms with E-state index < -0.39 is 10.0 Å². The minimum atomic E-state index is -3.58. The van der Waals surface area contributed by atoms with Crippen LogP contribution in [0.4, 0.5) is 0 Å². The van der Waals surface area contributed by atoms with Crippen LogP contribution in [0.25, 0.3) is 5.69 Å². The maximum absolute atomic E-state index is 12.9. The largest absolute Gasteiger partial charge is 0.356 e. The predicted molar refractivity (Wildman–Crippen MR) is 145 cm³/mol. The summed E-state index contributed by atoms with van der Waals surface area (Å²) in [5.74, 6) is 0.522. The molecule has 0 aliphatic heterocycles. The van der Waals surface area contributed by atoms with Crippen molar-refractivity contribution in [1.82, 2.24) is 24.4 Å². The van der Waals surface area contributed by atoms with Crippen molar-refractivity contribution in [3.8, 4) is 5.69 Å². The third-order valence-electron chi connectivity index (χ3n) is 6.02. The molecule has 0 bridgehead atoms. The monoisotopic (exact) mass is 543 g/mol. The number of Topliss-reactive ketones (excluding diaryl/α,β-unsaturated/α-hetero) is 1. The van der Waals surface area contributed by atoms with E-state index in [1.165, 1.54) is 35.1 Å². The first-order valence-corrected chi connectivity index (χ1v) is 14.5. The summed E-state index contributed by atoms with van der Waals surface area (Å²) >= 11 is 1.26. The Morgan fingerprint density at radius 1 is 1.00 bits per heavy atom. The fourth-order valence-corrected chi connectivity index (χ4v) is 6.09. The SMILES string of the molecule is CCN(CC)S(=O)(=O)c1ccc(C(=O)CSc2nnc(CCNC(C)=O)n2-c2ccc(C)c(C)c2)cc1. The lowest BCUT2D eigenvalue weighted by Crippen LogP contribution is -2.30. The molecule has 3 aromatic rings. The number of thioether (sulfide) groups is 1. The second-order valence-electron chi connectivity index (χ2n) is 8.56. The van der Waals surface area contributed by atoms with Crippen LogP contribution in [0.2, 0.25) is 0 Å². The van der Waals surface area contributed by atoms with Gasteiger partial charge in [-0.2, -0.15) is 4.31 Å². The standard InChI is InChI=1S/C26H33N5O4S2/c1-6-30(7-2)37(34,35)23-12-9-21(10-13-23)24(33)17-36-26-29-28-25(14-15-27-20(5)32)31(26)22-11-8-18(3)19(4)16-22/h8-13,16H,6-7,14-15,17H2,1-5H3,(H,27,32). The number of carbonyl (C=O) groups excluding carboxylic acids is 2. The first-order chi connectivity index (χ1) is 17.6. The van der Waals surface area contributed by atoms with Gasteiger partial charge in [0.25, 0.3) is 0 Å². The van der Waals surface area contributed by atoms with Gasteiger partial charge < -0.3 is 5.32 Å². The molecular weight excluding hydrogens is 510 g/mol. The summed E-state index contributed by atoms with van der Waals surface area (Å²) in [7, 11) is -3.58. The maximum Gasteiger partial charge on any atom is 0.243 e. The Kier molecular flexibility index (Phi) is 9.63. The maximum atomic E-state index is 12.9. The van der Waals surface area contributed by atoms with E-state index in [0.717, 1.165) is 16.8 Å². The molecule has 0 radical (unpaired) electrons. The zero-order valence-corrected chi connectivity index (χ0v) is 23.4. The Labute approximate surface area is 222 Å². The molecular formula is C26H33N5O4S2. The van der Waals surface area contributed by atoms with E-state index >= 15 is 0 Å². The van der Waals surface area contributed by atoms with Crippen molar-refractivity contribution in [1.29, 1.82) is 0 Å². The Balaban J connectivity index is 1.80. The summed E-state index contributed by atoms with van der Waals surface area (Å²) in [5, 5.41) is 12.0. The van der Waals surface area contributed by atoms with E-state index in [1.807, 2.05) is 36.6 Å². The topological polar surface area (TPSA) is 114 Å². The molecule has 1 amide bonds. The molecule has 0 aliphatic carbocycles. The number of benzene rings is 2. The number of hydrogen-bond donors (Lipinski definition) is 1. The summed E-state index contributed by atoms with van der Waals surface area (Å²) in [6, 6.07) is 12.1.